The molecule has 7 heteroatoms. The van der Waals surface area contributed by atoms with Crippen molar-refractivity contribution in [3.63, 3.8) is 0 Å². The highest BCUT2D eigenvalue weighted by atomic mass is 16.7. The molecule has 1 saturated heterocycles. The van der Waals surface area contributed by atoms with Crippen molar-refractivity contribution in [1.82, 2.24) is 0 Å². The van der Waals surface area contributed by atoms with Gasteiger partial charge in [-0.3, -0.25) is 4.79 Å². The summed E-state index contributed by atoms with van der Waals surface area (Å²) in [5.74, 6) is 2.90. The summed E-state index contributed by atoms with van der Waals surface area (Å²) in [6.07, 6.45) is 7.71. The van der Waals surface area contributed by atoms with Crippen molar-refractivity contribution in [1.29, 1.82) is 0 Å². The van der Waals surface area contributed by atoms with Crippen LogP contribution in [0.15, 0.2) is 23.3 Å². The smallest absolute Gasteiger partial charge is 0.303 e. The molecule has 7 nitrogen and oxygen atoms in total. The Balaban J connectivity index is 1.25. The van der Waals surface area contributed by atoms with E-state index in [0.29, 0.717) is 35.5 Å². The van der Waals surface area contributed by atoms with Gasteiger partial charge in [0.25, 0.3) is 0 Å². The Morgan fingerprint density at radius 3 is 2.39 bits per heavy atom. The van der Waals surface area contributed by atoms with Crippen molar-refractivity contribution < 1.29 is 34.3 Å². The third-order valence-electron chi connectivity index (χ3n) is 13.3. The topological polar surface area (TPSA) is 105 Å². The molecule has 0 aromatic heterocycles. The number of hydrogen-bond donors (Lipinski definition) is 3. The summed E-state index contributed by atoms with van der Waals surface area (Å²) in [6, 6.07) is 0. The first-order chi connectivity index (χ1) is 20.5. The van der Waals surface area contributed by atoms with E-state index < -0.39 is 42.3 Å². The molecule has 1 heterocycles. The Bertz CT molecular complexity index is 1130. The van der Waals surface area contributed by atoms with E-state index >= 15 is 0 Å². The van der Waals surface area contributed by atoms with Gasteiger partial charge < -0.3 is 29.5 Å². The third-order valence-corrected chi connectivity index (χ3v) is 13.3. The summed E-state index contributed by atoms with van der Waals surface area (Å²) in [7, 11) is 0. The van der Waals surface area contributed by atoms with Gasteiger partial charge in [0.1, 0.15) is 12.2 Å². The molecule has 2 saturated carbocycles. The number of esters is 1. The largest absolute Gasteiger partial charge is 0.457 e. The highest BCUT2D eigenvalue weighted by Gasteiger charge is 2.59. The average molecular weight is 617 g/mol. The lowest BCUT2D eigenvalue weighted by molar-refractivity contribution is -0.307. The van der Waals surface area contributed by atoms with Gasteiger partial charge in [0.2, 0.25) is 0 Å². The molecule has 3 fully saturated rings. The third kappa shape index (κ3) is 5.98. The molecular formula is C37H60O7. The zero-order chi connectivity index (χ0) is 32.4. The zero-order valence-electron chi connectivity index (χ0n) is 28.7. The number of fused-ring (bicyclic) bond motifs is 5. The van der Waals surface area contributed by atoms with Crippen molar-refractivity contribution in [2.24, 2.45) is 46.3 Å². The van der Waals surface area contributed by atoms with Crippen LogP contribution in [0, 0.1) is 46.3 Å². The summed E-state index contributed by atoms with van der Waals surface area (Å²) in [5, 5.41) is 33.4. The Morgan fingerprint density at radius 1 is 1.05 bits per heavy atom. The second kappa shape index (κ2) is 12.4. The van der Waals surface area contributed by atoms with E-state index in [2.05, 4.69) is 60.6 Å². The summed E-state index contributed by atoms with van der Waals surface area (Å²) < 4.78 is 17.4. The average Bonchev–Trinajstić information content (AvgIpc) is 3.31. The molecule has 4 aliphatic carbocycles. The van der Waals surface area contributed by atoms with E-state index in [4.69, 9.17) is 14.2 Å². The van der Waals surface area contributed by atoms with E-state index in [1.54, 1.807) is 6.92 Å². The minimum atomic E-state index is -1.29. The first-order valence-electron chi connectivity index (χ1n) is 17.5. The number of carbonyl (C=O) groups excluding carboxylic acids is 1. The van der Waals surface area contributed by atoms with Crippen molar-refractivity contribution in [3.8, 4) is 0 Å². The van der Waals surface area contributed by atoms with Gasteiger partial charge in [0.15, 0.2) is 12.4 Å². The first-order valence-corrected chi connectivity index (χ1v) is 17.5. The standard InChI is InChI=1S/C37H60O7/c1-20(2)22(4)21(3)19-37(9,41)30-13-12-28-27-11-10-25-18-26(14-16-35(25,7)29(27)15-17-36(28,30)8)44-34-32(40)31(39)33(23(5)42-34)43-24(6)38/h10,13,20-23,26-29,31-34,39-41H,11-12,14-19H2,1-9H3. The predicted octanol–water partition coefficient (Wildman–Crippen LogP) is 6.34. The minimum Gasteiger partial charge on any atom is -0.457 e. The van der Waals surface area contributed by atoms with Gasteiger partial charge in [-0.15, -0.1) is 0 Å². The van der Waals surface area contributed by atoms with Crippen LogP contribution in [0.3, 0.4) is 0 Å². The fourth-order valence-corrected chi connectivity index (χ4v) is 10.4. The summed E-state index contributed by atoms with van der Waals surface area (Å²) in [6.45, 7) is 19.2. The fourth-order valence-electron chi connectivity index (χ4n) is 10.4. The summed E-state index contributed by atoms with van der Waals surface area (Å²) in [4.78, 5) is 11.5. The molecule has 0 aromatic rings. The van der Waals surface area contributed by atoms with Gasteiger partial charge >= 0.3 is 5.97 Å². The number of aliphatic hydroxyl groups is 3. The van der Waals surface area contributed by atoms with Crippen LogP contribution in [0.1, 0.15) is 114 Å². The number of hydrogen-bond acceptors (Lipinski definition) is 7. The molecule has 250 valence electrons. The molecule has 1 aliphatic heterocycles. The number of allylic oxidation sites excluding steroid dienone is 2. The number of carbonyl (C=O) groups is 1. The Hall–Kier alpha value is -1.25. The van der Waals surface area contributed by atoms with Gasteiger partial charge in [-0.1, -0.05) is 59.3 Å². The van der Waals surface area contributed by atoms with Gasteiger partial charge in [-0.05, 0) is 117 Å². The molecular weight excluding hydrogens is 556 g/mol. The van der Waals surface area contributed by atoms with Crippen molar-refractivity contribution in [2.45, 2.75) is 156 Å². The quantitative estimate of drug-likeness (QED) is 0.216. The minimum absolute atomic E-state index is 0.0451. The lowest BCUT2D eigenvalue weighted by Crippen LogP contribution is -2.59. The summed E-state index contributed by atoms with van der Waals surface area (Å²) >= 11 is 0. The molecule has 14 atom stereocenters. The van der Waals surface area contributed by atoms with Crippen LogP contribution >= 0.6 is 0 Å². The van der Waals surface area contributed by atoms with E-state index in [9.17, 15) is 20.1 Å². The Kier molecular flexibility index (Phi) is 9.61. The van der Waals surface area contributed by atoms with Crippen LogP contribution in [0.4, 0.5) is 0 Å². The van der Waals surface area contributed by atoms with E-state index in [1.807, 2.05) is 0 Å². The van der Waals surface area contributed by atoms with E-state index in [-0.39, 0.29) is 16.9 Å². The van der Waals surface area contributed by atoms with Crippen LogP contribution in [0.2, 0.25) is 0 Å². The van der Waals surface area contributed by atoms with Gasteiger partial charge in [-0.25, -0.2) is 0 Å². The van der Waals surface area contributed by atoms with Crippen LogP contribution in [0.25, 0.3) is 0 Å². The fraction of sp³-hybridized carbons (Fsp3) is 0.865. The maximum atomic E-state index is 12.0. The van der Waals surface area contributed by atoms with Crippen LogP contribution in [-0.2, 0) is 19.0 Å². The van der Waals surface area contributed by atoms with Gasteiger partial charge in [0.05, 0.1) is 17.8 Å². The number of ether oxygens (including phenoxy) is 3. The van der Waals surface area contributed by atoms with Crippen LogP contribution in [-0.4, -0.2) is 63.7 Å². The molecule has 44 heavy (non-hydrogen) atoms. The van der Waals surface area contributed by atoms with Crippen LogP contribution in [0.5, 0.6) is 0 Å². The SMILES string of the molecule is CC(=O)OC1C(C)OC(OC2CCC3(C)C(=CCC4C3CCC3(C)C(C(C)(O)CC(C)C(C)C(C)C)=CCC43)C2)C(O)C1O. The van der Waals surface area contributed by atoms with Gasteiger partial charge in [-0.2, -0.15) is 0 Å². The van der Waals surface area contributed by atoms with Crippen LogP contribution < -0.4 is 0 Å². The molecule has 0 aromatic carbocycles. The van der Waals surface area contributed by atoms with E-state index in [0.717, 1.165) is 44.9 Å². The maximum Gasteiger partial charge on any atom is 0.303 e. The Morgan fingerprint density at radius 2 is 1.73 bits per heavy atom. The number of rotatable bonds is 8. The highest BCUT2D eigenvalue weighted by Crippen LogP contribution is 2.66. The van der Waals surface area contributed by atoms with E-state index in [1.165, 1.54) is 24.5 Å². The van der Waals surface area contributed by atoms with Crippen molar-refractivity contribution in [2.75, 3.05) is 0 Å². The lowest BCUT2D eigenvalue weighted by atomic mass is 9.47. The lowest BCUT2D eigenvalue weighted by Gasteiger charge is -2.58. The number of aliphatic hydroxyl groups excluding tert-OH is 2. The molecule has 5 aliphatic rings. The second-order valence-corrected chi connectivity index (χ2v) is 16.4. The molecule has 0 spiro atoms. The summed E-state index contributed by atoms with van der Waals surface area (Å²) in [5.41, 5.74) is 2.15. The molecule has 5 rings (SSSR count). The molecule has 0 amide bonds. The molecule has 3 N–H and O–H groups in total. The monoisotopic (exact) mass is 616 g/mol. The van der Waals surface area contributed by atoms with Crippen molar-refractivity contribution >= 4 is 5.97 Å². The highest BCUT2D eigenvalue weighted by molar-refractivity contribution is 5.66. The Labute approximate surface area is 265 Å². The second-order valence-electron chi connectivity index (χ2n) is 16.4. The van der Waals surface area contributed by atoms with Crippen molar-refractivity contribution in [3.05, 3.63) is 23.3 Å². The molecule has 0 bridgehead atoms. The van der Waals surface area contributed by atoms with Gasteiger partial charge in [0, 0.05) is 6.92 Å². The first kappa shape index (κ1) is 34.1. The zero-order valence-corrected chi connectivity index (χ0v) is 28.7. The molecule has 0 radical (unpaired) electrons. The normalized spacial score (nSPS) is 44.8. The predicted molar refractivity (Wildman–Crippen MR) is 170 cm³/mol. The maximum absolute atomic E-state index is 12.0. The molecule has 14 unspecified atom stereocenters.